The maximum atomic E-state index is 5.30. The fourth-order valence-corrected chi connectivity index (χ4v) is 2.67. The van der Waals surface area contributed by atoms with Crippen LogP contribution in [-0.4, -0.2) is 23.1 Å². The van der Waals surface area contributed by atoms with E-state index in [1.165, 1.54) is 17.5 Å². The first-order chi connectivity index (χ1) is 9.35. The standard InChI is InChI=1S/C15H19N3O/c1-19-15-5-3-11-2-4-13(6-12(11)7-15)17-9-14-8-16-10-18-14/h3,5,7-8,10,13,17H,2,4,6,9H2,1H3,(H,16,18). The molecule has 0 saturated heterocycles. The van der Waals surface area contributed by atoms with Crippen LogP contribution in [-0.2, 0) is 19.4 Å². The third kappa shape index (κ3) is 2.79. The summed E-state index contributed by atoms with van der Waals surface area (Å²) in [5.74, 6) is 0.952. The van der Waals surface area contributed by atoms with E-state index in [0.717, 1.165) is 30.8 Å². The van der Waals surface area contributed by atoms with Crippen LogP contribution in [0.25, 0.3) is 0 Å². The first kappa shape index (κ1) is 12.2. The third-order valence-electron chi connectivity index (χ3n) is 3.78. The van der Waals surface area contributed by atoms with E-state index >= 15 is 0 Å². The predicted octanol–water partition coefficient (Wildman–Crippen LogP) is 2.07. The number of nitrogens with zero attached hydrogens (tertiary/aromatic N) is 1. The minimum absolute atomic E-state index is 0.530. The first-order valence-corrected chi connectivity index (χ1v) is 6.71. The van der Waals surface area contributed by atoms with Crippen LogP contribution in [0.2, 0.25) is 0 Å². The van der Waals surface area contributed by atoms with E-state index in [2.05, 4.69) is 33.5 Å². The van der Waals surface area contributed by atoms with E-state index in [4.69, 9.17) is 4.74 Å². The monoisotopic (exact) mass is 257 g/mol. The number of fused-ring (bicyclic) bond motifs is 1. The lowest BCUT2D eigenvalue weighted by molar-refractivity contribution is 0.410. The van der Waals surface area contributed by atoms with E-state index in [9.17, 15) is 0 Å². The van der Waals surface area contributed by atoms with Crippen molar-refractivity contribution >= 4 is 0 Å². The van der Waals surface area contributed by atoms with Crippen molar-refractivity contribution in [2.75, 3.05) is 7.11 Å². The Hall–Kier alpha value is -1.81. The lowest BCUT2D eigenvalue weighted by atomic mass is 9.88. The van der Waals surface area contributed by atoms with Gasteiger partial charge < -0.3 is 15.0 Å². The van der Waals surface area contributed by atoms with E-state index in [1.807, 2.05) is 6.20 Å². The molecule has 1 aromatic heterocycles. The highest BCUT2D eigenvalue weighted by molar-refractivity contribution is 5.37. The smallest absolute Gasteiger partial charge is 0.119 e. The molecule has 2 aromatic rings. The molecule has 0 amide bonds. The Bertz CT molecular complexity index is 536. The van der Waals surface area contributed by atoms with Gasteiger partial charge in [-0.3, -0.25) is 0 Å². The van der Waals surface area contributed by atoms with E-state index < -0.39 is 0 Å². The minimum atomic E-state index is 0.530. The summed E-state index contributed by atoms with van der Waals surface area (Å²) in [6, 6.07) is 6.94. The molecule has 2 N–H and O–H groups in total. The summed E-state index contributed by atoms with van der Waals surface area (Å²) in [4.78, 5) is 7.15. The molecule has 3 rings (SSSR count). The number of hydrogen-bond donors (Lipinski definition) is 2. The van der Waals surface area contributed by atoms with Gasteiger partial charge in [-0.25, -0.2) is 4.98 Å². The van der Waals surface area contributed by atoms with Crippen molar-refractivity contribution in [1.82, 2.24) is 15.3 Å². The molecule has 0 saturated carbocycles. The number of ether oxygens (including phenoxy) is 1. The maximum absolute atomic E-state index is 5.30. The molecule has 1 heterocycles. The summed E-state index contributed by atoms with van der Waals surface area (Å²) < 4.78 is 5.30. The topological polar surface area (TPSA) is 49.9 Å². The van der Waals surface area contributed by atoms with Gasteiger partial charge in [-0.05, 0) is 42.5 Å². The van der Waals surface area contributed by atoms with Crippen molar-refractivity contribution in [3.8, 4) is 5.75 Å². The lowest BCUT2D eigenvalue weighted by Crippen LogP contribution is -2.34. The Kier molecular flexibility index (Phi) is 3.51. The van der Waals surface area contributed by atoms with Gasteiger partial charge >= 0.3 is 0 Å². The molecule has 19 heavy (non-hydrogen) atoms. The largest absolute Gasteiger partial charge is 0.497 e. The van der Waals surface area contributed by atoms with E-state index in [1.54, 1.807) is 13.4 Å². The average Bonchev–Trinajstić information content (AvgIpc) is 2.97. The van der Waals surface area contributed by atoms with Gasteiger partial charge in [-0.1, -0.05) is 6.07 Å². The number of methoxy groups -OCH3 is 1. The lowest BCUT2D eigenvalue weighted by Gasteiger charge is -2.25. The molecule has 0 spiro atoms. The molecule has 0 bridgehead atoms. The van der Waals surface area contributed by atoms with Crippen LogP contribution in [0.4, 0.5) is 0 Å². The minimum Gasteiger partial charge on any atom is -0.497 e. The molecule has 1 aliphatic carbocycles. The van der Waals surface area contributed by atoms with Crippen molar-refractivity contribution in [2.24, 2.45) is 0 Å². The van der Waals surface area contributed by atoms with Crippen LogP contribution < -0.4 is 10.1 Å². The summed E-state index contributed by atoms with van der Waals surface area (Å²) in [5.41, 5.74) is 4.00. The zero-order chi connectivity index (χ0) is 13.1. The van der Waals surface area contributed by atoms with E-state index in [0.29, 0.717) is 6.04 Å². The van der Waals surface area contributed by atoms with Gasteiger partial charge in [0.1, 0.15) is 5.75 Å². The predicted molar refractivity (Wildman–Crippen MR) is 74.2 cm³/mol. The number of H-pyrrole nitrogens is 1. The van der Waals surface area contributed by atoms with E-state index in [-0.39, 0.29) is 0 Å². The molecule has 1 aliphatic rings. The molecule has 0 aliphatic heterocycles. The van der Waals surface area contributed by atoms with Gasteiger partial charge in [0.25, 0.3) is 0 Å². The Morgan fingerprint density at radius 1 is 1.42 bits per heavy atom. The normalized spacial score (nSPS) is 18.1. The van der Waals surface area contributed by atoms with Crippen LogP contribution >= 0.6 is 0 Å². The van der Waals surface area contributed by atoms with Gasteiger partial charge in [0, 0.05) is 24.5 Å². The second kappa shape index (κ2) is 5.45. The first-order valence-electron chi connectivity index (χ1n) is 6.71. The Balaban J connectivity index is 1.64. The number of rotatable bonds is 4. The molecule has 4 nitrogen and oxygen atoms in total. The zero-order valence-corrected chi connectivity index (χ0v) is 11.1. The van der Waals surface area contributed by atoms with Crippen LogP contribution in [0.3, 0.4) is 0 Å². The number of aromatic nitrogens is 2. The molecular formula is C15H19N3O. The molecule has 4 heteroatoms. The van der Waals surface area contributed by atoms with Crippen molar-refractivity contribution in [3.05, 3.63) is 47.5 Å². The number of imidazole rings is 1. The summed E-state index contributed by atoms with van der Waals surface area (Å²) in [7, 11) is 1.72. The van der Waals surface area contributed by atoms with Crippen molar-refractivity contribution in [2.45, 2.75) is 31.8 Å². The van der Waals surface area contributed by atoms with Crippen LogP contribution in [0.15, 0.2) is 30.7 Å². The second-order valence-corrected chi connectivity index (χ2v) is 5.03. The molecule has 0 fully saturated rings. The third-order valence-corrected chi connectivity index (χ3v) is 3.78. The summed E-state index contributed by atoms with van der Waals surface area (Å²) in [6.45, 7) is 0.851. The van der Waals surface area contributed by atoms with Crippen molar-refractivity contribution < 1.29 is 4.74 Å². The molecule has 100 valence electrons. The van der Waals surface area contributed by atoms with Gasteiger partial charge in [0.05, 0.1) is 13.4 Å². The SMILES string of the molecule is COc1ccc2c(c1)CC(NCc1cnc[nH]1)CC2. The molecule has 0 radical (unpaired) electrons. The molecule has 1 unspecified atom stereocenters. The summed E-state index contributed by atoms with van der Waals surface area (Å²) >= 11 is 0. The number of aryl methyl sites for hydroxylation is 1. The highest BCUT2D eigenvalue weighted by atomic mass is 16.5. The van der Waals surface area contributed by atoms with Crippen LogP contribution in [0.1, 0.15) is 23.2 Å². The Labute approximate surface area is 113 Å². The molecule has 1 atom stereocenters. The number of hydrogen-bond acceptors (Lipinski definition) is 3. The second-order valence-electron chi connectivity index (χ2n) is 5.03. The quantitative estimate of drug-likeness (QED) is 0.881. The molecule has 1 aromatic carbocycles. The van der Waals surface area contributed by atoms with Crippen LogP contribution in [0, 0.1) is 0 Å². The summed E-state index contributed by atoms with van der Waals surface area (Å²) in [5, 5.41) is 3.59. The Morgan fingerprint density at radius 3 is 3.16 bits per heavy atom. The molecular weight excluding hydrogens is 238 g/mol. The zero-order valence-electron chi connectivity index (χ0n) is 11.1. The number of nitrogens with one attached hydrogen (secondary N) is 2. The fourth-order valence-electron chi connectivity index (χ4n) is 2.67. The number of aromatic amines is 1. The van der Waals surface area contributed by atoms with Gasteiger partial charge in [-0.2, -0.15) is 0 Å². The highest BCUT2D eigenvalue weighted by Gasteiger charge is 2.18. The highest BCUT2D eigenvalue weighted by Crippen LogP contribution is 2.25. The van der Waals surface area contributed by atoms with Gasteiger partial charge in [0.15, 0.2) is 0 Å². The Morgan fingerprint density at radius 2 is 2.37 bits per heavy atom. The maximum Gasteiger partial charge on any atom is 0.119 e. The van der Waals surface area contributed by atoms with Gasteiger partial charge in [0.2, 0.25) is 0 Å². The van der Waals surface area contributed by atoms with Crippen molar-refractivity contribution in [1.29, 1.82) is 0 Å². The van der Waals surface area contributed by atoms with Crippen molar-refractivity contribution in [3.63, 3.8) is 0 Å². The summed E-state index contributed by atoms with van der Waals surface area (Å²) in [6.07, 6.45) is 6.99. The van der Waals surface area contributed by atoms with Gasteiger partial charge in [-0.15, -0.1) is 0 Å². The average molecular weight is 257 g/mol. The van der Waals surface area contributed by atoms with Crippen LogP contribution in [0.5, 0.6) is 5.75 Å². The fraction of sp³-hybridized carbons (Fsp3) is 0.400. The number of benzene rings is 1.